The van der Waals surface area contributed by atoms with Gasteiger partial charge in [0.15, 0.2) is 4.90 Å². The number of hydrogen-bond acceptors (Lipinski definition) is 7. The minimum atomic E-state index is -4.21. The van der Waals surface area contributed by atoms with E-state index in [2.05, 4.69) is 14.9 Å². The van der Waals surface area contributed by atoms with Crippen LogP contribution in [0.3, 0.4) is 0 Å². The van der Waals surface area contributed by atoms with E-state index in [9.17, 15) is 18.5 Å². The van der Waals surface area contributed by atoms with E-state index in [-0.39, 0.29) is 23.3 Å². The average molecular weight is 429 g/mol. The van der Waals surface area contributed by atoms with Crippen LogP contribution in [-0.4, -0.2) is 23.5 Å². The minimum Gasteiger partial charge on any atom is -0.338 e. The lowest BCUT2D eigenvalue weighted by Crippen LogP contribution is -2.24. The zero-order valence-electron chi connectivity index (χ0n) is 13.3. The van der Waals surface area contributed by atoms with Crippen LogP contribution in [0.2, 0.25) is 10.0 Å². The van der Waals surface area contributed by atoms with Gasteiger partial charge in [-0.05, 0) is 36.4 Å². The molecule has 0 bridgehead atoms. The predicted octanol–water partition coefficient (Wildman–Crippen LogP) is 3.43. The maximum atomic E-state index is 12.4. The van der Waals surface area contributed by atoms with Crippen LogP contribution in [0.4, 0.5) is 5.69 Å². The molecule has 0 unspecified atom stereocenters. The first-order chi connectivity index (χ1) is 12.8. The minimum absolute atomic E-state index is 0.0138. The van der Waals surface area contributed by atoms with Crippen molar-refractivity contribution in [3.8, 4) is 11.4 Å². The summed E-state index contributed by atoms with van der Waals surface area (Å²) in [6.45, 7) is -0.345. The number of rotatable bonds is 6. The molecule has 3 aromatic rings. The summed E-state index contributed by atoms with van der Waals surface area (Å²) < 4.78 is 32.0. The summed E-state index contributed by atoms with van der Waals surface area (Å²) in [5.41, 5.74) is -0.00650. The van der Waals surface area contributed by atoms with Crippen molar-refractivity contribution in [3.63, 3.8) is 0 Å². The van der Waals surface area contributed by atoms with Crippen molar-refractivity contribution in [3.05, 3.63) is 68.5 Å². The van der Waals surface area contributed by atoms with Gasteiger partial charge in [-0.1, -0.05) is 28.4 Å². The molecule has 0 saturated heterocycles. The van der Waals surface area contributed by atoms with E-state index in [0.717, 1.165) is 12.1 Å². The molecule has 12 heteroatoms. The lowest BCUT2D eigenvalue weighted by molar-refractivity contribution is -0.387. The molecule has 0 atom stereocenters. The van der Waals surface area contributed by atoms with Crippen molar-refractivity contribution >= 4 is 38.9 Å². The number of nitrogens with one attached hydrogen (secondary N) is 1. The first kappa shape index (κ1) is 19.2. The second-order valence-corrected chi connectivity index (χ2v) is 7.82. The zero-order valence-corrected chi connectivity index (χ0v) is 15.6. The highest BCUT2D eigenvalue weighted by Gasteiger charge is 2.26. The summed E-state index contributed by atoms with van der Waals surface area (Å²) in [4.78, 5) is 13.8. The molecule has 9 nitrogen and oxygen atoms in total. The SMILES string of the molecule is O=[N+]([O-])c1cc(Cl)ccc1S(=O)(=O)NCc1nc(-c2ccc(Cl)cc2)no1. The number of aromatic nitrogens is 2. The van der Waals surface area contributed by atoms with E-state index >= 15 is 0 Å². The average Bonchev–Trinajstić information content (AvgIpc) is 3.09. The Kier molecular flexibility index (Phi) is 5.42. The molecule has 1 aromatic heterocycles. The van der Waals surface area contributed by atoms with Crippen molar-refractivity contribution in [2.75, 3.05) is 0 Å². The summed E-state index contributed by atoms with van der Waals surface area (Å²) in [6.07, 6.45) is 0. The third-order valence-electron chi connectivity index (χ3n) is 3.39. The van der Waals surface area contributed by atoms with Crippen molar-refractivity contribution in [1.82, 2.24) is 14.9 Å². The fourth-order valence-corrected chi connectivity index (χ4v) is 3.56. The van der Waals surface area contributed by atoms with Crippen LogP contribution in [0.15, 0.2) is 51.9 Å². The maximum absolute atomic E-state index is 12.4. The third kappa shape index (κ3) is 4.42. The zero-order chi connectivity index (χ0) is 19.6. The number of hydrogen-bond donors (Lipinski definition) is 1. The smallest absolute Gasteiger partial charge is 0.290 e. The van der Waals surface area contributed by atoms with E-state index in [1.165, 1.54) is 6.07 Å². The van der Waals surface area contributed by atoms with Gasteiger partial charge in [0.05, 0.1) is 11.5 Å². The Morgan fingerprint density at radius 1 is 1.11 bits per heavy atom. The Balaban J connectivity index is 1.79. The molecule has 140 valence electrons. The van der Waals surface area contributed by atoms with Crippen LogP contribution < -0.4 is 4.72 Å². The fourth-order valence-electron chi connectivity index (χ4n) is 2.14. The molecule has 0 aliphatic carbocycles. The molecule has 2 aromatic carbocycles. The second kappa shape index (κ2) is 7.61. The van der Waals surface area contributed by atoms with Crippen LogP contribution >= 0.6 is 23.2 Å². The predicted molar refractivity (Wildman–Crippen MR) is 96.9 cm³/mol. The topological polar surface area (TPSA) is 128 Å². The van der Waals surface area contributed by atoms with Gasteiger partial charge in [0, 0.05) is 21.7 Å². The van der Waals surface area contributed by atoms with Crippen LogP contribution in [0.1, 0.15) is 5.89 Å². The summed E-state index contributed by atoms with van der Waals surface area (Å²) >= 11 is 11.5. The highest BCUT2D eigenvalue weighted by atomic mass is 35.5. The summed E-state index contributed by atoms with van der Waals surface area (Å²) in [6, 6.07) is 9.91. The molecule has 0 radical (unpaired) electrons. The molecule has 0 spiro atoms. The van der Waals surface area contributed by atoms with Gasteiger partial charge in [-0.15, -0.1) is 0 Å². The van der Waals surface area contributed by atoms with E-state index < -0.39 is 25.5 Å². The molecule has 27 heavy (non-hydrogen) atoms. The largest absolute Gasteiger partial charge is 0.338 e. The van der Waals surface area contributed by atoms with Crippen LogP contribution in [0.5, 0.6) is 0 Å². The molecule has 1 heterocycles. The molecule has 0 amide bonds. The van der Waals surface area contributed by atoms with Crippen molar-refractivity contribution in [2.24, 2.45) is 0 Å². The lowest BCUT2D eigenvalue weighted by Gasteiger charge is -2.05. The monoisotopic (exact) mass is 428 g/mol. The summed E-state index contributed by atoms with van der Waals surface area (Å²) in [5, 5.41) is 15.4. The quantitative estimate of drug-likeness (QED) is 0.470. The molecule has 0 saturated carbocycles. The Morgan fingerprint density at radius 2 is 1.78 bits per heavy atom. The maximum Gasteiger partial charge on any atom is 0.290 e. The number of sulfonamides is 1. The Labute approximate surface area is 163 Å². The highest BCUT2D eigenvalue weighted by molar-refractivity contribution is 7.89. The Bertz CT molecular complexity index is 1100. The Hall–Kier alpha value is -2.53. The third-order valence-corrected chi connectivity index (χ3v) is 5.33. The van der Waals surface area contributed by atoms with Crippen LogP contribution in [0, 0.1) is 10.1 Å². The standard InChI is InChI=1S/C15H10Cl2N4O5S/c16-10-3-1-9(2-4-10)15-19-14(26-20-15)8-18-27(24,25)13-6-5-11(17)7-12(13)21(22)23/h1-7,18H,8H2. The van der Waals surface area contributed by atoms with Gasteiger partial charge in [0.25, 0.3) is 5.69 Å². The molecule has 3 rings (SSSR count). The fraction of sp³-hybridized carbons (Fsp3) is 0.0667. The van der Waals surface area contributed by atoms with Crippen LogP contribution in [0.25, 0.3) is 11.4 Å². The summed E-state index contributed by atoms with van der Waals surface area (Å²) in [5.74, 6) is 0.235. The van der Waals surface area contributed by atoms with Crippen LogP contribution in [-0.2, 0) is 16.6 Å². The number of nitro groups is 1. The van der Waals surface area contributed by atoms with Gasteiger partial charge in [-0.2, -0.15) is 4.98 Å². The van der Waals surface area contributed by atoms with E-state index in [1.54, 1.807) is 24.3 Å². The van der Waals surface area contributed by atoms with Gasteiger partial charge >= 0.3 is 0 Å². The first-order valence-corrected chi connectivity index (χ1v) is 9.52. The van der Waals surface area contributed by atoms with E-state index in [0.29, 0.717) is 10.6 Å². The molecule has 0 aliphatic rings. The normalized spacial score (nSPS) is 11.5. The highest BCUT2D eigenvalue weighted by Crippen LogP contribution is 2.27. The summed E-state index contributed by atoms with van der Waals surface area (Å²) in [7, 11) is -4.21. The van der Waals surface area contributed by atoms with Gasteiger partial charge in [0.2, 0.25) is 21.7 Å². The second-order valence-electron chi connectivity index (χ2n) is 5.21. The molecule has 1 N–H and O–H groups in total. The van der Waals surface area contributed by atoms with Gasteiger partial charge in [-0.3, -0.25) is 10.1 Å². The van der Waals surface area contributed by atoms with Crippen molar-refractivity contribution < 1.29 is 17.9 Å². The molecule has 0 fully saturated rings. The van der Waals surface area contributed by atoms with Gasteiger partial charge in [-0.25, -0.2) is 13.1 Å². The lowest BCUT2D eigenvalue weighted by atomic mass is 10.2. The van der Waals surface area contributed by atoms with Gasteiger partial charge in [0.1, 0.15) is 0 Å². The van der Waals surface area contributed by atoms with Crippen molar-refractivity contribution in [1.29, 1.82) is 0 Å². The van der Waals surface area contributed by atoms with E-state index in [4.69, 9.17) is 27.7 Å². The molecule has 0 aliphatic heterocycles. The Morgan fingerprint density at radius 3 is 2.44 bits per heavy atom. The van der Waals surface area contributed by atoms with Gasteiger partial charge < -0.3 is 4.52 Å². The van der Waals surface area contributed by atoms with E-state index in [1.807, 2.05) is 0 Å². The molecular formula is C15H10Cl2N4O5S. The number of nitro benzene ring substituents is 1. The van der Waals surface area contributed by atoms with Crippen molar-refractivity contribution in [2.45, 2.75) is 11.4 Å². The first-order valence-electron chi connectivity index (χ1n) is 7.28. The number of nitrogens with zero attached hydrogens (tertiary/aromatic N) is 3. The number of benzene rings is 2. The molecular weight excluding hydrogens is 419 g/mol. The number of halogens is 2.